The number of benzene rings is 3. The molecule has 0 aliphatic heterocycles. The predicted octanol–water partition coefficient (Wildman–Crippen LogP) is 6.40. The molecule has 0 saturated carbocycles. The standard InChI is InChI=1S/C29H23BrClFN4O4S/c1-35(2)27(37)18-11-9-17(10-12-18)26-33-34-28(40-26)29(32,41(38,39)21-6-3-5-19(30)15-21)36-24-8-4-7-22(24)23-16-20(31)13-14-25(23)36/h3,5-6,9-16H,4,7-8H2,1-2H3. The van der Waals surface area contributed by atoms with Crippen molar-refractivity contribution < 1.29 is 22.0 Å². The highest BCUT2D eigenvalue weighted by Gasteiger charge is 2.56. The fraction of sp³-hybridized carbons (Fsp3) is 0.207. The van der Waals surface area contributed by atoms with Crippen molar-refractivity contribution in [3.8, 4) is 11.5 Å². The minimum atomic E-state index is -4.83. The number of halogens is 3. The van der Waals surface area contributed by atoms with Crippen molar-refractivity contribution in [1.29, 1.82) is 0 Å². The number of alkyl halides is 1. The molecule has 8 nitrogen and oxygen atoms in total. The highest BCUT2D eigenvalue weighted by Crippen LogP contribution is 2.46. The molecular formula is C29H23BrClFN4O4S. The minimum Gasteiger partial charge on any atom is -0.415 e. The van der Waals surface area contributed by atoms with E-state index in [1.807, 2.05) is 0 Å². The Balaban J connectivity index is 1.58. The first-order valence-electron chi connectivity index (χ1n) is 12.7. The third kappa shape index (κ3) is 4.38. The van der Waals surface area contributed by atoms with Gasteiger partial charge in [0.1, 0.15) is 0 Å². The third-order valence-corrected chi connectivity index (χ3v) is 9.88. The number of hydrogen-bond acceptors (Lipinski definition) is 6. The van der Waals surface area contributed by atoms with E-state index in [0.29, 0.717) is 50.1 Å². The molecule has 1 aliphatic rings. The molecule has 1 aliphatic carbocycles. The van der Waals surface area contributed by atoms with Gasteiger partial charge >= 0.3 is 5.12 Å². The lowest BCUT2D eigenvalue weighted by Gasteiger charge is -2.26. The van der Waals surface area contributed by atoms with Gasteiger partial charge in [-0.1, -0.05) is 33.6 Å². The average Bonchev–Trinajstić information content (AvgIpc) is 3.69. The molecule has 210 valence electrons. The summed E-state index contributed by atoms with van der Waals surface area (Å²) in [6.45, 7) is 0. The highest BCUT2D eigenvalue weighted by atomic mass is 79.9. The summed E-state index contributed by atoms with van der Waals surface area (Å²) in [6.07, 6.45) is 1.84. The molecular weight excluding hydrogens is 635 g/mol. The molecule has 6 rings (SSSR count). The van der Waals surface area contributed by atoms with Crippen LogP contribution in [0.15, 0.2) is 80.5 Å². The summed E-state index contributed by atoms with van der Waals surface area (Å²) >= 11 is 9.59. The lowest BCUT2D eigenvalue weighted by Crippen LogP contribution is -2.40. The van der Waals surface area contributed by atoms with E-state index in [4.69, 9.17) is 16.0 Å². The zero-order valence-electron chi connectivity index (χ0n) is 21.9. The SMILES string of the molecule is CN(C)C(=O)c1ccc(-c2nnc(C(F)(n3c4c(c5cc(Cl)ccc53)CCC4)S(=O)(=O)c3cccc(Br)c3)o2)cc1. The van der Waals surface area contributed by atoms with Gasteiger partial charge in [-0.2, -0.15) is 4.39 Å². The number of aromatic nitrogens is 3. The van der Waals surface area contributed by atoms with Crippen LogP contribution in [0, 0.1) is 0 Å². The number of nitrogens with zero attached hydrogens (tertiary/aromatic N) is 4. The van der Waals surface area contributed by atoms with Crippen molar-refractivity contribution >= 4 is 54.2 Å². The topological polar surface area (TPSA) is 98.3 Å². The molecule has 1 unspecified atom stereocenters. The van der Waals surface area contributed by atoms with Crippen LogP contribution in [-0.2, 0) is 27.8 Å². The Morgan fingerprint density at radius 2 is 1.83 bits per heavy atom. The van der Waals surface area contributed by atoms with Crippen molar-refractivity contribution in [1.82, 2.24) is 19.7 Å². The van der Waals surface area contributed by atoms with Crippen LogP contribution in [0.3, 0.4) is 0 Å². The van der Waals surface area contributed by atoms with Crippen molar-refractivity contribution in [2.24, 2.45) is 0 Å². The quantitative estimate of drug-likeness (QED) is 0.210. The first-order chi connectivity index (χ1) is 19.5. The normalized spacial score (nSPS) is 14.7. The van der Waals surface area contributed by atoms with E-state index in [1.54, 1.807) is 62.6 Å². The van der Waals surface area contributed by atoms with Gasteiger partial charge in [0.2, 0.25) is 15.7 Å². The predicted molar refractivity (Wildman–Crippen MR) is 156 cm³/mol. The molecule has 1 amide bonds. The van der Waals surface area contributed by atoms with E-state index in [2.05, 4.69) is 26.1 Å². The number of hydrogen-bond donors (Lipinski definition) is 0. The summed E-state index contributed by atoms with van der Waals surface area (Å²) in [5.74, 6) is -1.02. The number of carbonyl (C=O) groups excluding carboxylic acids is 1. The molecule has 0 bridgehead atoms. The number of aryl methyl sites for hydroxylation is 1. The Morgan fingerprint density at radius 3 is 2.54 bits per heavy atom. The molecule has 0 saturated heterocycles. The van der Waals surface area contributed by atoms with Gasteiger partial charge < -0.3 is 9.32 Å². The van der Waals surface area contributed by atoms with Crippen LogP contribution in [0.1, 0.15) is 33.9 Å². The van der Waals surface area contributed by atoms with Crippen LogP contribution in [0.2, 0.25) is 5.02 Å². The maximum Gasteiger partial charge on any atom is 0.369 e. The summed E-state index contributed by atoms with van der Waals surface area (Å²) in [7, 11) is -1.55. The molecule has 5 aromatic rings. The van der Waals surface area contributed by atoms with E-state index in [9.17, 15) is 13.2 Å². The van der Waals surface area contributed by atoms with Crippen LogP contribution >= 0.6 is 27.5 Å². The Bertz CT molecular complexity index is 1940. The summed E-state index contributed by atoms with van der Waals surface area (Å²) in [5.41, 5.74) is 2.56. The fourth-order valence-corrected chi connectivity index (χ4v) is 7.62. The molecule has 0 spiro atoms. The van der Waals surface area contributed by atoms with Crippen molar-refractivity contribution in [3.05, 3.63) is 98.9 Å². The zero-order chi connectivity index (χ0) is 29.1. The van der Waals surface area contributed by atoms with Gasteiger partial charge in [0.05, 0.1) is 10.4 Å². The Kier molecular flexibility index (Phi) is 6.79. The zero-order valence-corrected chi connectivity index (χ0v) is 25.1. The van der Waals surface area contributed by atoms with E-state index in [-0.39, 0.29) is 16.7 Å². The molecule has 12 heteroatoms. The summed E-state index contributed by atoms with van der Waals surface area (Å²) < 4.78 is 54.2. The number of fused-ring (bicyclic) bond motifs is 3. The first-order valence-corrected chi connectivity index (χ1v) is 15.3. The molecule has 3 aromatic carbocycles. The summed E-state index contributed by atoms with van der Waals surface area (Å²) in [5, 5.41) is 5.84. The van der Waals surface area contributed by atoms with Gasteiger partial charge in [0.25, 0.3) is 11.8 Å². The highest BCUT2D eigenvalue weighted by molar-refractivity contribution is 9.10. The number of sulfone groups is 1. The summed E-state index contributed by atoms with van der Waals surface area (Å²) in [6, 6.07) is 17.1. The lowest BCUT2D eigenvalue weighted by atomic mass is 10.1. The Labute approximate surface area is 248 Å². The molecule has 2 heterocycles. The Hall–Kier alpha value is -3.54. The first kappa shape index (κ1) is 27.6. The largest absolute Gasteiger partial charge is 0.415 e. The van der Waals surface area contributed by atoms with E-state index in [1.165, 1.54) is 27.7 Å². The van der Waals surface area contributed by atoms with Gasteiger partial charge in [-0.3, -0.25) is 9.36 Å². The maximum absolute atomic E-state index is 18.0. The van der Waals surface area contributed by atoms with Gasteiger partial charge in [0.15, 0.2) is 0 Å². The van der Waals surface area contributed by atoms with Crippen LogP contribution in [0.25, 0.3) is 22.4 Å². The van der Waals surface area contributed by atoms with Crippen LogP contribution in [-0.4, -0.2) is 48.1 Å². The second-order valence-corrected chi connectivity index (χ2v) is 13.4. The van der Waals surface area contributed by atoms with Crippen molar-refractivity contribution in [2.75, 3.05) is 14.1 Å². The number of carbonyl (C=O) groups is 1. The van der Waals surface area contributed by atoms with Crippen molar-refractivity contribution in [3.63, 3.8) is 0 Å². The average molecular weight is 658 g/mol. The molecule has 1 atom stereocenters. The lowest BCUT2D eigenvalue weighted by molar-refractivity contribution is 0.0827. The molecule has 0 N–H and O–H groups in total. The van der Waals surface area contributed by atoms with Crippen LogP contribution in [0.5, 0.6) is 0 Å². The summed E-state index contributed by atoms with van der Waals surface area (Å²) in [4.78, 5) is 13.5. The third-order valence-electron chi connectivity index (χ3n) is 7.21. The molecule has 41 heavy (non-hydrogen) atoms. The second kappa shape index (κ2) is 10.1. The van der Waals surface area contributed by atoms with Crippen LogP contribution < -0.4 is 0 Å². The van der Waals surface area contributed by atoms with Crippen LogP contribution in [0.4, 0.5) is 4.39 Å². The fourth-order valence-electron chi connectivity index (χ4n) is 5.28. The monoisotopic (exact) mass is 656 g/mol. The number of rotatable bonds is 6. The molecule has 0 fully saturated rings. The van der Waals surface area contributed by atoms with E-state index in [0.717, 1.165) is 12.0 Å². The van der Waals surface area contributed by atoms with Gasteiger partial charge in [-0.15, -0.1) is 10.2 Å². The molecule has 2 aromatic heterocycles. The number of amides is 1. The molecule has 0 radical (unpaired) electrons. The van der Waals surface area contributed by atoms with Gasteiger partial charge in [-0.25, -0.2) is 8.42 Å². The Morgan fingerprint density at radius 1 is 1.07 bits per heavy atom. The van der Waals surface area contributed by atoms with Crippen molar-refractivity contribution in [2.45, 2.75) is 29.3 Å². The van der Waals surface area contributed by atoms with Gasteiger partial charge in [-0.05, 0) is 85.5 Å². The minimum absolute atomic E-state index is 0.0912. The van der Waals surface area contributed by atoms with Gasteiger partial charge in [0, 0.05) is 45.8 Å². The van der Waals surface area contributed by atoms with E-state index >= 15 is 4.39 Å². The second-order valence-electron chi connectivity index (χ2n) is 9.99. The smallest absolute Gasteiger partial charge is 0.369 e. The maximum atomic E-state index is 18.0. The van der Waals surface area contributed by atoms with E-state index < -0.39 is 20.9 Å².